The van der Waals surface area contributed by atoms with Gasteiger partial charge in [0.15, 0.2) is 35.7 Å². The number of hydrogen-bond donors (Lipinski definition) is 1. The number of rotatable bonds is 17. The summed E-state index contributed by atoms with van der Waals surface area (Å²) in [5.41, 5.74) is -4.28. The highest BCUT2D eigenvalue weighted by molar-refractivity contribution is 5.76. The molecule has 3 aliphatic carbocycles. The topological polar surface area (TPSA) is 253 Å². The molecule has 82 heavy (non-hydrogen) atoms. The molecule has 0 aromatic rings. The molecule has 0 aromatic carbocycles. The van der Waals surface area contributed by atoms with Crippen LogP contribution in [0.2, 0.25) is 0 Å². The van der Waals surface area contributed by atoms with Crippen LogP contribution in [0.4, 0.5) is 0 Å². The van der Waals surface area contributed by atoms with E-state index in [4.69, 9.17) is 76.7 Å². The molecule has 15 fully saturated rings. The van der Waals surface area contributed by atoms with Gasteiger partial charge in [-0.3, -0.25) is 24.0 Å². The Morgan fingerprint density at radius 1 is 0.415 bits per heavy atom. The largest absolute Gasteiger partial charge is 0.481 e. The molecule has 12 heterocycles. The van der Waals surface area contributed by atoms with E-state index in [1.165, 1.54) is 0 Å². The second-order valence-electron chi connectivity index (χ2n) is 28.0. The molecular formula is C60H88O22. The summed E-state index contributed by atoms with van der Waals surface area (Å²) < 4.78 is 64.1. The van der Waals surface area contributed by atoms with Crippen LogP contribution in [0, 0.1) is 76.4 Å². The van der Waals surface area contributed by atoms with Gasteiger partial charge in [-0.2, -0.15) is 0 Å². The van der Waals surface area contributed by atoms with Crippen molar-refractivity contribution < 1.29 is 106 Å². The van der Waals surface area contributed by atoms with Crippen molar-refractivity contribution in [2.75, 3.05) is 26.4 Å². The molecular weight excluding hydrogens is 1070 g/mol. The molecule has 3 saturated carbocycles. The number of ether oxygens (including phenoxy) is 10. The lowest BCUT2D eigenvalue weighted by Crippen LogP contribution is -2.70. The zero-order valence-electron chi connectivity index (χ0n) is 49.3. The zero-order valence-corrected chi connectivity index (χ0v) is 49.3. The Kier molecular flexibility index (Phi) is 15.8. The molecule has 3 spiro atoms. The molecule has 0 aromatic heterocycles. The summed E-state index contributed by atoms with van der Waals surface area (Å²) >= 11 is 0. The summed E-state index contributed by atoms with van der Waals surface area (Å²) in [7, 11) is 0. The van der Waals surface area contributed by atoms with Crippen molar-refractivity contribution in [1.29, 1.82) is 0 Å². The smallest absolute Gasteiger partial charge is 0.308 e. The Balaban J connectivity index is 0.785. The van der Waals surface area contributed by atoms with Crippen LogP contribution >= 0.6 is 0 Å². The van der Waals surface area contributed by atoms with E-state index in [2.05, 4.69) is 20.8 Å². The van der Waals surface area contributed by atoms with Gasteiger partial charge in [-0.25, -0.2) is 29.3 Å². The molecule has 460 valence electrons. The normalized spacial score (nSPS) is 49.2. The summed E-state index contributed by atoms with van der Waals surface area (Å²) in [5.74, 6) is -6.66. The van der Waals surface area contributed by atoms with Gasteiger partial charge in [-0.15, -0.1) is 0 Å². The highest BCUT2D eigenvalue weighted by atomic mass is 17.3. The van der Waals surface area contributed by atoms with Crippen LogP contribution in [0.1, 0.15) is 171 Å². The van der Waals surface area contributed by atoms with Crippen LogP contribution in [-0.4, -0.2) is 133 Å². The van der Waals surface area contributed by atoms with Crippen molar-refractivity contribution in [3.05, 3.63) is 0 Å². The molecule has 22 nitrogen and oxygen atoms in total. The standard InChI is InChI=1S/C60H88O22/c1-31-10-13-40-34(4)43(71-51-58(40)37(31)18-21-54(7,74-51)77-80-58)24-48(64)68-28-57(27-67-47(63)17-16-46(61)62,29-69-49(65)25-44-35(5)41-14-11-32(2)38-19-22-55(8)75-52(72-44)59(38,41)81-78-55)30-70-50(66)26-45-36(6)42-15-12-33(3)39-20-23-56(9)76-53(73-45)60(39,42)82-79-56/h31-45,51-53H,10-30H2,1-9H3,(H,61,62)/t31-,32-,33-,34-,35-,36-,37+,38+,39+,40+,41+,42+,43?,44?,45?,51-,52-,53-,54-,55-,56?,57?,58-,59-,60-/m1/s1. The van der Waals surface area contributed by atoms with E-state index in [1.807, 2.05) is 41.5 Å². The van der Waals surface area contributed by atoms with E-state index in [9.17, 15) is 29.1 Å². The average molecular weight is 1160 g/mol. The molecule has 1 N–H and O–H groups in total. The lowest BCUT2D eigenvalue weighted by atomic mass is 9.57. The number of carboxylic acid groups (broad SMARTS) is 1. The number of carboxylic acids is 1. The van der Waals surface area contributed by atoms with Gasteiger partial charge in [0.1, 0.15) is 31.8 Å². The monoisotopic (exact) mass is 1160 g/mol. The second-order valence-corrected chi connectivity index (χ2v) is 28.0. The lowest BCUT2D eigenvalue weighted by Gasteiger charge is -2.60. The van der Waals surface area contributed by atoms with Gasteiger partial charge < -0.3 is 52.5 Å². The minimum atomic E-state index is -1.71. The van der Waals surface area contributed by atoms with E-state index in [1.54, 1.807) is 0 Å². The Morgan fingerprint density at radius 2 is 0.720 bits per heavy atom. The molecule has 12 aliphatic heterocycles. The Bertz CT molecular complexity index is 2210. The van der Waals surface area contributed by atoms with Crippen molar-refractivity contribution in [1.82, 2.24) is 0 Å². The van der Waals surface area contributed by atoms with Crippen LogP contribution in [0.3, 0.4) is 0 Å². The van der Waals surface area contributed by atoms with Crippen LogP contribution in [0.5, 0.6) is 0 Å². The first-order valence-corrected chi connectivity index (χ1v) is 30.9. The minimum Gasteiger partial charge on any atom is -0.481 e. The van der Waals surface area contributed by atoms with Crippen molar-refractivity contribution in [3.63, 3.8) is 0 Å². The number of hydrogen-bond acceptors (Lipinski definition) is 21. The maximum Gasteiger partial charge on any atom is 0.308 e. The van der Waals surface area contributed by atoms with Gasteiger partial charge in [-0.1, -0.05) is 41.5 Å². The first-order valence-electron chi connectivity index (χ1n) is 30.9. The van der Waals surface area contributed by atoms with E-state index in [0.717, 1.165) is 57.8 Å². The third-order valence-electron chi connectivity index (χ3n) is 22.7. The number of carbonyl (C=O) groups excluding carboxylic acids is 4. The first-order chi connectivity index (χ1) is 38.9. The molecule has 4 unspecified atom stereocenters. The lowest BCUT2D eigenvalue weighted by molar-refractivity contribution is -0.571. The maximum absolute atomic E-state index is 14.4. The fraction of sp³-hybridized carbons (Fsp3) is 0.917. The summed E-state index contributed by atoms with van der Waals surface area (Å²) in [6.45, 7) is 16.0. The van der Waals surface area contributed by atoms with E-state index in [0.29, 0.717) is 37.0 Å². The van der Waals surface area contributed by atoms with Gasteiger partial charge in [0.2, 0.25) is 17.4 Å². The maximum atomic E-state index is 14.4. The van der Waals surface area contributed by atoms with Gasteiger partial charge >= 0.3 is 29.8 Å². The van der Waals surface area contributed by atoms with E-state index >= 15 is 0 Å². The summed E-state index contributed by atoms with van der Waals surface area (Å²) in [6.07, 6.45) is 3.68. The molecule has 0 amide bonds. The van der Waals surface area contributed by atoms with Gasteiger partial charge in [-0.05, 0) is 132 Å². The van der Waals surface area contributed by atoms with Crippen molar-refractivity contribution in [2.24, 2.45) is 76.4 Å². The summed E-state index contributed by atoms with van der Waals surface area (Å²) in [4.78, 5) is 105. The van der Waals surface area contributed by atoms with Gasteiger partial charge in [0.25, 0.3) is 0 Å². The summed E-state index contributed by atoms with van der Waals surface area (Å²) in [5, 5.41) is 9.45. The number of esters is 4. The van der Waals surface area contributed by atoms with Gasteiger partial charge in [0, 0.05) is 37.0 Å². The highest BCUT2D eigenvalue weighted by Crippen LogP contribution is 2.64. The van der Waals surface area contributed by atoms with Crippen LogP contribution in [0.15, 0.2) is 0 Å². The first kappa shape index (κ1) is 59.2. The Labute approximate surface area is 479 Å². The van der Waals surface area contributed by atoms with Gasteiger partial charge in [0.05, 0.1) is 50.4 Å². The predicted octanol–water partition coefficient (Wildman–Crippen LogP) is 7.93. The average Bonchev–Trinajstić information content (AvgIpc) is 2.91. The van der Waals surface area contributed by atoms with Crippen LogP contribution in [-0.2, 0) is 101 Å². The fourth-order valence-electron chi connectivity index (χ4n) is 17.8. The summed E-state index contributed by atoms with van der Waals surface area (Å²) in [6, 6.07) is 0. The van der Waals surface area contributed by atoms with Crippen molar-refractivity contribution in [3.8, 4) is 0 Å². The quantitative estimate of drug-likeness (QED) is 0.0824. The third-order valence-corrected chi connectivity index (χ3v) is 22.7. The van der Waals surface area contributed by atoms with Crippen LogP contribution in [0.25, 0.3) is 0 Å². The zero-order chi connectivity index (χ0) is 57.9. The fourth-order valence-corrected chi connectivity index (χ4v) is 17.8. The molecule has 6 bridgehead atoms. The molecule has 24 atom stereocenters. The molecule has 15 aliphatic rings. The van der Waals surface area contributed by atoms with E-state index < -0.39 is 146 Å². The number of carbonyl (C=O) groups is 5. The van der Waals surface area contributed by atoms with E-state index in [-0.39, 0.29) is 72.5 Å². The number of aliphatic carboxylic acids is 1. The second kappa shape index (κ2) is 21.9. The van der Waals surface area contributed by atoms with Crippen molar-refractivity contribution >= 4 is 29.8 Å². The minimum absolute atomic E-state index is 0.0635. The van der Waals surface area contributed by atoms with Crippen molar-refractivity contribution in [2.45, 2.75) is 243 Å². The Hall–Kier alpha value is -3.13. The number of fused-ring (bicyclic) bond motifs is 6. The molecule has 0 radical (unpaired) electrons. The molecule has 15 rings (SSSR count). The molecule has 22 heteroatoms. The SMILES string of the molecule is C[C@@H]1CC[C@H]2[C@@H](C)C(CC(=O)OCC(COC(=O)CCC(=O)O)(COC(=O)CC3O[C@@H]4O[C@@]5(C)CC[C@H]6[C@H](C)CC[C@@H]([C@H]3C)[C@@]46OO5)COC(=O)CC3O[C@@H]4O[C@@]5(C)CC[C@H]6[C@H](C)CC[C@@H]([C@H]3C)[C@@]46OO5)O[C@@H]3OC4(C)CC[C@@H]1[C@]32OO4. The third kappa shape index (κ3) is 10.1. The highest BCUT2D eigenvalue weighted by Gasteiger charge is 2.72. The Morgan fingerprint density at radius 3 is 1.02 bits per heavy atom. The predicted molar refractivity (Wildman–Crippen MR) is 277 cm³/mol. The molecule has 12 saturated heterocycles. The van der Waals surface area contributed by atoms with Crippen LogP contribution < -0.4 is 0 Å².